The molecule has 2 aromatic rings. The SMILES string of the molecule is CC(O)(C(=O)c1ccccc1)c1ccccc1.CCOCC. The molecule has 0 heterocycles. The van der Waals surface area contributed by atoms with Gasteiger partial charge in [0.1, 0.15) is 5.60 Å². The molecule has 0 aliphatic carbocycles. The van der Waals surface area contributed by atoms with Gasteiger partial charge in [0.2, 0.25) is 0 Å². The van der Waals surface area contributed by atoms with Crippen molar-refractivity contribution >= 4 is 5.78 Å². The van der Waals surface area contributed by atoms with Crippen LogP contribution in [0.2, 0.25) is 0 Å². The average Bonchev–Trinajstić information content (AvgIpc) is 2.57. The van der Waals surface area contributed by atoms with Gasteiger partial charge in [0.25, 0.3) is 0 Å². The fourth-order valence-corrected chi connectivity index (χ4v) is 1.97. The Balaban J connectivity index is 0.000000422. The molecule has 22 heavy (non-hydrogen) atoms. The fourth-order valence-electron chi connectivity index (χ4n) is 1.97. The lowest BCUT2D eigenvalue weighted by Crippen LogP contribution is -2.32. The van der Waals surface area contributed by atoms with Crippen molar-refractivity contribution in [2.24, 2.45) is 0 Å². The first-order valence-corrected chi connectivity index (χ1v) is 7.49. The zero-order valence-electron chi connectivity index (χ0n) is 13.5. The van der Waals surface area contributed by atoms with Gasteiger partial charge in [-0.3, -0.25) is 4.79 Å². The molecule has 0 amide bonds. The molecule has 0 saturated carbocycles. The molecule has 118 valence electrons. The summed E-state index contributed by atoms with van der Waals surface area (Å²) >= 11 is 0. The van der Waals surface area contributed by atoms with Crippen LogP contribution in [0.25, 0.3) is 0 Å². The number of carbonyl (C=O) groups excluding carboxylic acids is 1. The fraction of sp³-hybridized carbons (Fsp3) is 0.316. The van der Waals surface area contributed by atoms with Crippen LogP contribution in [0.5, 0.6) is 0 Å². The first-order valence-electron chi connectivity index (χ1n) is 7.49. The Bertz CT molecular complexity index is 545. The Hall–Kier alpha value is -1.97. The Morgan fingerprint density at radius 3 is 1.82 bits per heavy atom. The molecule has 0 spiro atoms. The number of ether oxygens (including phenoxy) is 1. The molecule has 3 nitrogen and oxygen atoms in total. The van der Waals surface area contributed by atoms with Gasteiger partial charge < -0.3 is 9.84 Å². The number of ketones is 1. The molecule has 1 atom stereocenters. The summed E-state index contributed by atoms with van der Waals surface area (Å²) in [5, 5.41) is 10.4. The molecule has 0 radical (unpaired) electrons. The molecular formula is C19H24O3. The minimum absolute atomic E-state index is 0.288. The molecular weight excluding hydrogens is 276 g/mol. The van der Waals surface area contributed by atoms with E-state index in [0.717, 1.165) is 13.2 Å². The van der Waals surface area contributed by atoms with Gasteiger partial charge in [-0.25, -0.2) is 0 Å². The van der Waals surface area contributed by atoms with E-state index in [1.807, 2.05) is 38.1 Å². The van der Waals surface area contributed by atoms with Gasteiger partial charge in [0.15, 0.2) is 5.78 Å². The predicted molar refractivity (Wildman–Crippen MR) is 89.0 cm³/mol. The first kappa shape index (κ1) is 18.1. The Morgan fingerprint density at radius 2 is 1.41 bits per heavy atom. The van der Waals surface area contributed by atoms with E-state index in [0.29, 0.717) is 11.1 Å². The van der Waals surface area contributed by atoms with Crippen molar-refractivity contribution in [3.63, 3.8) is 0 Å². The third kappa shape index (κ3) is 5.10. The Labute approximate surface area is 132 Å². The monoisotopic (exact) mass is 300 g/mol. The van der Waals surface area contributed by atoms with Crippen LogP contribution < -0.4 is 0 Å². The highest BCUT2D eigenvalue weighted by atomic mass is 16.5. The summed E-state index contributed by atoms with van der Waals surface area (Å²) in [6, 6.07) is 17.8. The molecule has 2 aromatic carbocycles. The summed E-state index contributed by atoms with van der Waals surface area (Å²) in [5.41, 5.74) is -0.363. The summed E-state index contributed by atoms with van der Waals surface area (Å²) in [7, 11) is 0. The van der Waals surface area contributed by atoms with Gasteiger partial charge >= 0.3 is 0 Å². The van der Waals surface area contributed by atoms with Crippen molar-refractivity contribution in [2.45, 2.75) is 26.4 Å². The molecule has 0 aromatic heterocycles. The third-order valence-corrected chi connectivity index (χ3v) is 3.22. The normalized spacial score (nSPS) is 12.7. The smallest absolute Gasteiger partial charge is 0.198 e. The maximum Gasteiger partial charge on any atom is 0.198 e. The van der Waals surface area contributed by atoms with Crippen LogP contribution in [-0.4, -0.2) is 24.1 Å². The zero-order chi connectivity index (χ0) is 16.4. The van der Waals surface area contributed by atoms with Crippen molar-refractivity contribution in [1.29, 1.82) is 0 Å². The molecule has 2 rings (SSSR count). The van der Waals surface area contributed by atoms with Crippen molar-refractivity contribution in [3.8, 4) is 0 Å². The minimum atomic E-state index is -1.48. The highest BCUT2D eigenvalue weighted by molar-refractivity contribution is 6.02. The summed E-state index contributed by atoms with van der Waals surface area (Å²) in [6.45, 7) is 7.19. The highest BCUT2D eigenvalue weighted by Crippen LogP contribution is 2.24. The molecule has 0 aliphatic rings. The number of hydrogen-bond donors (Lipinski definition) is 1. The first-order chi connectivity index (χ1) is 10.5. The van der Waals surface area contributed by atoms with Gasteiger partial charge in [0, 0.05) is 18.8 Å². The lowest BCUT2D eigenvalue weighted by Gasteiger charge is -2.22. The number of carbonyl (C=O) groups is 1. The summed E-state index contributed by atoms with van der Waals surface area (Å²) < 4.78 is 4.83. The van der Waals surface area contributed by atoms with Crippen LogP contribution in [0, 0.1) is 0 Å². The van der Waals surface area contributed by atoms with Crippen molar-refractivity contribution < 1.29 is 14.6 Å². The molecule has 3 heteroatoms. The van der Waals surface area contributed by atoms with E-state index >= 15 is 0 Å². The van der Waals surface area contributed by atoms with Crippen LogP contribution in [0.3, 0.4) is 0 Å². The van der Waals surface area contributed by atoms with E-state index in [-0.39, 0.29) is 5.78 Å². The van der Waals surface area contributed by atoms with E-state index in [2.05, 4.69) is 0 Å². The second-order valence-electron chi connectivity index (χ2n) is 4.91. The van der Waals surface area contributed by atoms with Gasteiger partial charge in [-0.2, -0.15) is 0 Å². The van der Waals surface area contributed by atoms with E-state index in [1.54, 1.807) is 36.4 Å². The van der Waals surface area contributed by atoms with Crippen molar-refractivity contribution in [2.75, 3.05) is 13.2 Å². The van der Waals surface area contributed by atoms with Crippen LogP contribution >= 0.6 is 0 Å². The second kappa shape index (κ2) is 9.13. The van der Waals surface area contributed by atoms with Gasteiger partial charge in [0.05, 0.1) is 0 Å². The number of benzene rings is 2. The summed E-state index contributed by atoms with van der Waals surface area (Å²) in [4.78, 5) is 12.2. The van der Waals surface area contributed by atoms with Crippen molar-refractivity contribution in [1.82, 2.24) is 0 Å². The van der Waals surface area contributed by atoms with Gasteiger partial charge in [-0.1, -0.05) is 60.7 Å². The molecule has 1 N–H and O–H groups in total. The van der Waals surface area contributed by atoms with E-state index in [1.165, 1.54) is 6.92 Å². The largest absolute Gasteiger partial charge is 0.382 e. The maximum atomic E-state index is 12.2. The van der Waals surface area contributed by atoms with Crippen LogP contribution in [0.4, 0.5) is 0 Å². The van der Waals surface area contributed by atoms with E-state index in [9.17, 15) is 9.90 Å². The Kier molecular flexibility index (Phi) is 7.50. The molecule has 1 unspecified atom stereocenters. The number of aliphatic hydroxyl groups is 1. The second-order valence-corrected chi connectivity index (χ2v) is 4.91. The number of rotatable bonds is 5. The topological polar surface area (TPSA) is 46.5 Å². The van der Waals surface area contributed by atoms with Gasteiger partial charge in [-0.15, -0.1) is 0 Å². The standard InChI is InChI=1S/C15H14O2.C4H10O/c1-15(17,13-10-6-3-7-11-13)14(16)12-8-4-2-5-9-12;1-3-5-4-2/h2-11,17H,1H3;3-4H2,1-2H3. The average molecular weight is 300 g/mol. The molecule has 0 bridgehead atoms. The lowest BCUT2D eigenvalue weighted by molar-refractivity contribution is 0.0392. The summed E-state index contributed by atoms with van der Waals surface area (Å²) in [5.74, 6) is -0.288. The lowest BCUT2D eigenvalue weighted by atomic mass is 9.88. The predicted octanol–water partition coefficient (Wildman–Crippen LogP) is 3.82. The summed E-state index contributed by atoms with van der Waals surface area (Å²) in [6.07, 6.45) is 0. The minimum Gasteiger partial charge on any atom is -0.382 e. The van der Waals surface area contributed by atoms with Crippen LogP contribution in [0.15, 0.2) is 60.7 Å². The molecule has 0 fully saturated rings. The Morgan fingerprint density at radius 1 is 0.955 bits per heavy atom. The zero-order valence-corrected chi connectivity index (χ0v) is 13.5. The van der Waals surface area contributed by atoms with E-state index in [4.69, 9.17) is 4.74 Å². The number of hydrogen-bond acceptors (Lipinski definition) is 3. The van der Waals surface area contributed by atoms with Crippen molar-refractivity contribution in [3.05, 3.63) is 71.8 Å². The van der Waals surface area contributed by atoms with E-state index < -0.39 is 5.60 Å². The van der Waals surface area contributed by atoms with Crippen LogP contribution in [0.1, 0.15) is 36.7 Å². The molecule has 0 saturated heterocycles. The third-order valence-electron chi connectivity index (χ3n) is 3.22. The van der Waals surface area contributed by atoms with Gasteiger partial charge in [-0.05, 0) is 26.3 Å². The number of Topliss-reactive ketones (excluding diaryl/α,β-unsaturated/α-hetero) is 1. The maximum absolute atomic E-state index is 12.2. The quantitative estimate of drug-likeness (QED) is 0.854. The molecule has 0 aliphatic heterocycles. The van der Waals surface area contributed by atoms with Crippen LogP contribution in [-0.2, 0) is 10.3 Å². The highest BCUT2D eigenvalue weighted by Gasteiger charge is 2.32.